The summed E-state index contributed by atoms with van der Waals surface area (Å²) in [5.41, 5.74) is 0.126. The van der Waals surface area contributed by atoms with Crippen LogP contribution in [0.5, 0.6) is 0 Å². The van der Waals surface area contributed by atoms with E-state index in [1.165, 1.54) is 24.3 Å². The van der Waals surface area contributed by atoms with Gasteiger partial charge in [0.1, 0.15) is 0 Å². The molecule has 1 aliphatic heterocycles. The quantitative estimate of drug-likeness (QED) is 0.361. The summed E-state index contributed by atoms with van der Waals surface area (Å²) >= 11 is 5.14. The smallest absolute Gasteiger partial charge is 0.270 e. The van der Waals surface area contributed by atoms with Crippen LogP contribution in [-0.4, -0.2) is 46.9 Å². The maximum absolute atomic E-state index is 12.2. The molecule has 100 valence electrons. The number of hydrogen-bond donors (Lipinski definition) is 0. The lowest BCUT2D eigenvalue weighted by Gasteiger charge is -2.28. The van der Waals surface area contributed by atoms with E-state index < -0.39 is 4.92 Å². The molecule has 1 fully saturated rings. The number of thiocarbonyl (C=S) groups is 1. The molecule has 0 spiro atoms. The van der Waals surface area contributed by atoms with Crippen molar-refractivity contribution in [2.45, 2.75) is 0 Å². The van der Waals surface area contributed by atoms with Gasteiger partial charge in [-0.25, -0.2) is 0 Å². The molecule has 0 amide bonds. The largest absolute Gasteiger partial charge is 0.378 e. The summed E-state index contributed by atoms with van der Waals surface area (Å²) in [7, 11) is 0. The van der Waals surface area contributed by atoms with E-state index in [9.17, 15) is 14.9 Å². The highest BCUT2D eigenvalue weighted by Crippen LogP contribution is 2.15. The van der Waals surface area contributed by atoms with Crippen LogP contribution in [0.2, 0.25) is 0 Å². The standard InChI is InChI=1S/C12H12N2O4S/c15-11(12(19)13-4-6-18-7-5-13)9-2-1-3-10(8-9)14(16)17/h1-3,8H,4-7H2. The first-order valence-corrected chi connectivity index (χ1v) is 6.16. The van der Waals surface area contributed by atoms with E-state index in [-0.39, 0.29) is 22.0 Å². The van der Waals surface area contributed by atoms with Gasteiger partial charge in [0.05, 0.1) is 18.1 Å². The van der Waals surface area contributed by atoms with Gasteiger partial charge >= 0.3 is 0 Å². The summed E-state index contributed by atoms with van der Waals surface area (Å²) in [5, 5.41) is 10.7. The lowest BCUT2D eigenvalue weighted by Crippen LogP contribution is -2.43. The summed E-state index contributed by atoms with van der Waals surface area (Å²) in [6.07, 6.45) is 0. The summed E-state index contributed by atoms with van der Waals surface area (Å²) in [4.78, 5) is 24.3. The van der Waals surface area contributed by atoms with Crippen molar-refractivity contribution in [2.24, 2.45) is 0 Å². The Hall–Kier alpha value is -1.86. The molecule has 0 aromatic heterocycles. The maximum atomic E-state index is 12.2. The Kier molecular flexibility index (Phi) is 4.18. The van der Waals surface area contributed by atoms with E-state index in [4.69, 9.17) is 17.0 Å². The van der Waals surface area contributed by atoms with Crippen molar-refractivity contribution in [2.75, 3.05) is 26.3 Å². The van der Waals surface area contributed by atoms with Crippen molar-refractivity contribution in [1.82, 2.24) is 4.90 Å². The number of hydrogen-bond acceptors (Lipinski definition) is 5. The van der Waals surface area contributed by atoms with Crippen LogP contribution >= 0.6 is 12.2 Å². The number of Topliss-reactive ketones (excluding diaryl/α,β-unsaturated/α-hetero) is 1. The van der Waals surface area contributed by atoms with Crippen LogP contribution in [0, 0.1) is 10.1 Å². The zero-order valence-electron chi connectivity index (χ0n) is 10.1. The average molecular weight is 280 g/mol. The minimum Gasteiger partial charge on any atom is -0.378 e. The highest BCUT2D eigenvalue weighted by Gasteiger charge is 2.22. The van der Waals surface area contributed by atoms with Gasteiger partial charge in [0.2, 0.25) is 5.78 Å². The second-order valence-electron chi connectivity index (χ2n) is 4.04. The Bertz CT molecular complexity index is 526. The molecule has 2 rings (SSSR count). The minimum atomic E-state index is -0.533. The number of ether oxygens (including phenoxy) is 1. The van der Waals surface area contributed by atoms with Crippen LogP contribution in [0.25, 0.3) is 0 Å². The molecule has 0 saturated carbocycles. The van der Waals surface area contributed by atoms with E-state index in [0.29, 0.717) is 26.3 Å². The number of benzene rings is 1. The van der Waals surface area contributed by atoms with Crippen LogP contribution < -0.4 is 0 Å². The lowest BCUT2D eigenvalue weighted by molar-refractivity contribution is -0.384. The molecular formula is C12H12N2O4S. The highest BCUT2D eigenvalue weighted by atomic mass is 32.1. The molecule has 1 aliphatic rings. The van der Waals surface area contributed by atoms with Gasteiger partial charge in [0.25, 0.3) is 5.69 Å². The number of nitro groups is 1. The topological polar surface area (TPSA) is 72.7 Å². The van der Waals surface area contributed by atoms with Crippen LogP contribution in [-0.2, 0) is 4.74 Å². The SMILES string of the molecule is O=C(C(=S)N1CCOCC1)c1cccc([N+](=O)[O-])c1. The molecule has 0 aliphatic carbocycles. The van der Waals surface area contributed by atoms with Gasteiger partial charge in [-0.2, -0.15) is 0 Å². The zero-order chi connectivity index (χ0) is 13.8. The van der Waals surface area contributed by atoms with Crippen molar-refractivity contribution in [3.8, 4) is 0 Å². The predicted octanol–water partition coefficient (Wildman–Crippen LogP) is 1.44. The molecule has 0 atom stereocenters. The average Bonchev–Trinajstić information content (AvgIpc) is 2.46. The number of ketones is 1. The van der Waals surface area contributed by atoms with Crippen molar-refractivity contribution in [3.05, 3.63) is 39.9 Å². The van der Waals surface area contributed by atoms with E-state index in [1.54, 1.807) is 4.90 Å². The number of non-ortho nitro benzene ring substituents is 1. The Labute approximate surface area is 115 Å². The molecule has 1 heterocycles. The first kappa shape index (κ1) is 13.6. The van der Waals surface area contributed by atoms with Gasteiger partial charge in [-0.15, -0.1) is 0 Å². The first-order chi connectivity index (χ1) is 9.09. The van der Waals surface area contributed by atoms with Gasteiger partial charge in [-0.05, 0) is 0 Å². The zero-order valence-corrected chi connectivity index (χ0v) is 10.9. The van der Waals surface area contributed by atoms with Crippen LogP contribution in [0.3, 0.4) is 0 Å². The Morgan fingerprint density at radius 1 is 1.37 bits per heavy atom. The number of rotatable bonds is 3. The van der Waals surface area contributed by atoms with Crippen LogP contribution in [0.15, 0.2) is 24.3 Å². The van der Waals surface area contributed by atoms with Crippen molar-refractivity contribution in [3.63, 3.8) is 0 Å². The Morgan fingerprint density at radius 2 is 2.05 bits per heavy atom. The molecule has 19 heavy (non-hydrogen) atoms. The fourth-order valence-electron chi connectivity index (χ4n) is 1.79. The fourth-order valence-corrected chi connectivity index (χ4v) is 2.09. The third-order valence-corrected chi connectivity index (χ3v) is 3.26. The Morgan fingerprint density at radius 3 is 2.68 bits per heavy atom. The van der Waals surface area contributed by atoms with E-state index in [1.807, 2.05) is 0 Å². The maximum Gasteiger partial charge on any atom is 0.270 e. The van der Waals surface area contributed by atoms with Gasteiger partial charge < -0.3 is 9.64 Å². The van der Waals surface area contributed by atoms with Gasteiger partial charge in [-0.1, -0.05) is 24.4 Å². The lowest BCUT2D eigenvalue weighted by atomic mass is 10.1. The molecule has 7 heteroatoms. The van der Waals surface area contributed by atoms with Gasteiger partial charge in [0, 0.05) is 30.8 Å². The predicted molar refractivity (Wildman–Crippen MR) is 72.4 cm³/mol. The second kappa shape index (κ2) is 5.85. The number of morpholine rings is 1. The molecule has 0 unspecified atom stereocenters. The van der Waals surface area contributed by atoms with Gasteiger partial charge in [0.15, 0.2) is 4.99 Å². The van der Waals surface area contributed by atoms with Crippen LogP contribution in [0.1, 0.15) is 10.4 Å². The molecule has 0 bridgehead atoms. The normalized spacial score (nSPS) is 15.1. The Balaban J connectivity index is 2.16. The molecule has 6 nitrogen and oxygen atoms in total. The number of carbonyl (C=O) groups excluding carboxylic acids is 1. The fraction of sp³-hybridized carbons (Fsp3) is 0.333. The van der Waals surface area contributed by atoms with E-state index >= 15 is 0 Å². The summed E-state index contributed by atoms with van der Waals surface area (Å²) in [5.74, 6) is -0.361. The molecule has 1 aromatic rings. The number of nitro benzene ring substituents is 1. The van der Waals surface area contributed by atoms with Crippen molar-refractivity contribution in [1.29, 1.82) is 0 Å². The monoisotopic (exact) mass is 280 g/mol. The van der Waals surface area contributed by atoms with Crippen LogP contribution in [0.4, 0.5) is 5.69 Å². The molecule has 0 radical (unpaired) electrons. The first-order valence-electron chi connectivity index (χ1n) is 5.75. The minimum absolute atomic E-state index is 0.115. The molecule has 1 aromatic carbocycles. The molecule has 0 N–H and O–H groups in total. The van der Waals surface area contributed by atoms with Crippen molar-refractivity contribution >= 4 is 28.7 Å². The number of carbonyl (C=O) groups is 1. The summed E-state index contributed by atoms with van der Waals surface area (Å²) in [6, 6.07) is 5.60. The number of nitrogens with zero attached hydrogens (tertiary/aromatic N) is 2. The summed E-state index contributed by atoms with van der Waals surface area (Å²) < 4.78 is 5.18. The van der Waals surface area contributed by atoms with Gasteiger partial charge in [-0.3, -0.25) is 14.9 Å². The second-order valence-corrected chi connectivity index (χ2v) is 4.43. The van der Waals surface area contributed by atoms with E-state index in [2.05, 4.69) is 0 Å². The molecule has 1 saturated heterocycles. The summed E-state index contributed by atoms with van der Waals surface area (Å²) in [6.45, 7) is 2.20. The van der Waals surface area contributed by atoms with Crippen molar-refractivity contribution < 1.29 is 14.5 Å². The van der Waals surface area contributed by atoms with E-state index in [0.717, 1.165) is 0 Å². The third kappa shape index (κ3) is 3.12. The molecular weight excluding hydrogens is 268 g/mol. The highest BCUT2D eigenvalue weighted by molar-refractivity contribution is 7.82. The third-order valence-electron chi connectivity index (χ3n) is 2.81.